The van der Waals surface area contributed by atoms with Crippen LogP contribution in [0.5, 0.6) is 0 Å². The molecule has 3 heterocycles. The van der Waals surface area contributed by atoms with Gasteiger partial charge in [0.15, 0.2) is 0 Å². The monoisotopic (exact) mass is 356 g/mol. The molecular formula is C16H25ClN4O3. The fourth-order valence-electron chi connectivity index (χ4n) is 3.42. The van der Waals surface area contributed by atoms with Crippen LogP contribution < -0.4 is 5.32 Å². The third-order valence-electron chi connectivity index (χ3n) is 4.91. The van der Waals surface area contributed by atoms with Crippen LogP contribution >= 0.6 is 12.4 Å². The summed E-state index contributed by atoms with van der Waals surface area (Å²) in [5.74, 6) is -0.369. The molecule has 0 saturated carbocycles. The minimum atomic E-state index is -0.611. The molecule has 0 radical (unpaired) electrons. The number of hydrogen-bond donors (Lipinski definition) is 1. The van der Waals surface area contributed by atoms with Crippen molar-refractivity contribution in [1.29, 1.82) is 0 Å². The number of halogens is 1. The SMILES string of the molecule is COC(=O)C1(C)CCN(C(=O)c2ccn(C3CCCNC3)n2)C1.Cl. The average Bonchev–Trinajstić information content (AvgIpc) is 3.22. The van der Waals surface area contributed by atoms with E-state index in [9.17, 15) is 9.59 Å². The molecule has 0 spiro atoms. The quantitative estimate of drug-likeness (QED) is 0.825. The van der Waals surface area contributed by atoms with E-state index in [1.807, 2.05) is 17.8 Å². The standard InChI is InChI=1S/C16H24N4O3.ClH/c1-16(15(22)23-2)6-9-19(11-16)14(21)13-5-8-20(18-13)12-4-3-7-17-10-12;/h5,8,12,17H,3-4,6-7,9-11H2,1-2H3;1H. The lowest BCUT2D eigenvalue weighted by molar-refractivity contribution is -0.150. The normalized spacial score (nSPS) is 26.8. The number of aromatic nitrogens is 2. The van der Waals surface area contributed by atoms with Crippen molar-refractivity contribution in [3.8, 4) is 0 Å². The average molecular weight is 357 g/mol. The molecule has 134 valence electrons. The van der Waals surface area contributed by atoms with Crippen LogP contribution in [0, 0.1) is 5.41 Å². The topological polar surface area (TPSA) is 76.5 Å². The Morgan fingerprint density at radius 2 is 2.25 bits per heavy atom. The van der Waals surface area contributed by atoms with E-state index >= 15 is 0 Å². The lowest BCUT2D eigenvalue weighted by Gasteiger charge is -2.23. The molecular weight excluding hydrogens is 332 g/mol. The van der Waals surface area contributed by atoms with E-state index in [4.69, 9.17) is 4.74 Å². The number of likely N-dealkylation sites (tertiary alicyclic amines) is 1. The van der Waals surface area contributed by atoms with Gasteiger partial charge in [-0.05, 0) is 38.8 Å². The highest BCUT2D eigenvalue weighted by Gasteiger charge is 2.43. The number of nitrogens with one attached hydrogen (secondary N) is 1. The van der Waals surface area contributed by atoms with Crippen LogP contribution in [0.4, 0.5) is 0 Å². The van der Waals surface area contributed by atoms with E-state index in [0.29, 0.717) is 31.2 Å². The van der Waals surface area contributed by atoms with Gasteiger partial charge in [-0.1, -0.05) is 0 Å². The van der Waals surface area contributed by atoms with Gasteiger partial charge in [0.1, 0.15) is 5.69 Å². The summed E-state index contributed by atoms with van der Waals surface area (Å²) >= 11 is 0. The van der Waals surface area contributed by atoms with Crippen molar-refractivity contribution in [3.05, 3.63) is 18.0 Å². The molecule has 0 aromatic carbocycles. The van der Waals surface area contributed by atoms with Crippen molar-refractivity contribution in [2.45, 2.75) is 32.2 Å². The molecule has 2 unspecified atom stereocenters. The number of methoxy groups -OCH3 is 1. The first-order valence-corrected chi connectivity index (χ1v) is 8.17. The van der Waals surface area contributed by atoms with E-state index in [2.05, 4.69) is 10.4 Å². The molecule has 2 fully saturated rings. The first-order valence-electron chi connectivity index (χ1n) is 8.17. The maximum absolute atomic E-state index is 12.6. The van der Waals surface area contributed by atoms with Crippen LogP contribution in [0.25, 0.3) is 0 Å². The number of amides is 1. The van der Waals surface area contributed by atoms with Gasteiger partial charge in [-0.15, -0.1) is 12.4 Å². The van der Waals surface area contributed by atoms with Crippen LogP contribution in [0.2, 0.25) is 0 Å². The van der Waals surface area contributed by atoms with Crippen LogP contribution in [-0.4, -0.2) is 59.8 Å². The molecule has 3 rings (SSSR count). The third-order valence-corrected chi connectivity index (χ3v) is 4.91. The molecule has 0 aliphatic carbocycles. The second-order valence-electron chi connectivity index (χ2n) is 6.71. The van der Waals surface area contributed by atoms with Crippen LogP contribution in [0.15, 0.2) is 12.3 Å². The van der Waals surface area contributed by atoms with Crippen LogP contribution in [0.3, 0.4) is 0 Å². The van der Waals surface area contributed by atoms with E-state index < -0.39 is 5.41 Å². The maximum Gasteiger partial charge on any atom is 0.313 e. The van der Waals surface area contributed by atoms with Gasteiger partial charge in [0, 0.05) is 25.8 Å². The Bertz CT molecular complexity index is 600. The van der Waals surface area contributed by atoms with Crippen LogP contribution in [-0.2, 0) is 9.53 Å². The minimum Gasteiger partial charge on any atom is -0.469 e. The summed E-state index contributed by atoms with van der Waals surface area (Å²) in [6.07, 6.45) is 4.70. The predicted octanol–water partition coefficient (Wildman–Crippen LogP) is 1.25. The molecule has 2 saturated heterocycles. The molecule has 2 aliphatic rings. The van der Waals surface area contributed by atoms with E-state index in [1.165, 1.54) is 7.11 Å². The van der Waals surface area contributed by atoms with Crippen molar-refractivity contribution in [2.24, 2.45) is 5.41 Å². The summed E-state index contributed by atoms with van der Waals surface area (Å²) in [4.78, 5) is 26.2. The fourth-order valence-corrected chi connectivity index (χ4v) is 3.42. The zero-order valence-electron chi connectivity index (χ0n) is 14.2. The third kappa shape index (κ3) is 3.57. The second-order valence-corrected chi connectivity index (χ2v) is 6.71. The Balaban J connectivity index is 0.00000208. The largest absolute Gasteiger partial charge is 0.469 e. The first kappa shape index (κ1) is 18.7. The molecule has 1 aromatic heterocycles. The van der Waals surface area contributed by atoms with Gasteiger partial charge in [0.2, 0.25) is 0 Å². The van der Waals surface area contributed by atoms with Gasteiger partial charge >= 0.3 is 5.97 Å². The summed E-state index contributed by atoms with van der Waals surface area (Å²) in [6, 6.07) is 2.08. The summed E-state index contributed by atoms with van der Waals surface area (Å²) in [6.45, 7) is 4.72. The van der Waals surface area contributed by atoms with Gasteiger partial charge in [-0.25, -0.2) is 0 Å². The van der Waals surface area contributed by atoms with Crippen molar-refractivity contribution in [1.82, 2.24) is 20.0 Å². The Hall–Kier alpha value is -1.60. The lowest BCUT2D eigenvalue weighted by atomic mass is 9.90. The molecule has 2 aliphatic heterocycles. The van der Waals surface area contributed by atoms with E-state index in [0.717, 1.165) is 25.9 Å². The Morgan fingerprint density at radius 1 is 1.46 bits per heavy atom. The van der Waals surface area contributed by atoms with Gasteiger partial charge < -0.3 is 15.0 Å². The smallest absolute Gasteiger partial charge is 0.313 e. The highest BCUT2D eigenvalue weighted by atomic mass is 35.5. The zero-order valence-corrected chi connectivity index (χ0v) is 15.0. The summed E-state index contributed by atoms with van der Waals surface area (Å²) in [5, 5.41) is 7.81. The number of carbonyl (C=O) groups excluding carboxylic acids is 2. The van der Waals surface area contributed by atoms with E-state index in [1.54, 1.807) is 11.0 Å². The number of nitrogens with zero attached hydrogens (tertiary/aromatic N) is 3. The summed E-state index contributed by atoms with van der Waals surface area (Å²) in [5.41, 5.74) is -0.162. The lowest BCUT2D eigenvalue weighted by Crippen LogP contribution is -2.36. The number of carbonyl (C=O) groups is 2. The van der Waals surface area contributed by atoms with Gasteiger partial charge in [-0.3, -0.25) is 14.3 Å². The Labute approximate surface area is 148 Å². The Kier molecular flexibility index (Phi) is 5.87. The molecule has 1 amide bonds. The molecule has 1 N–H and O–H groups in total. The number of esters is 1. The molecule has 7 nitrogen and oxygen atoms in total. The fraction of sp³-hybridized carbons (Fsp3) is 0.688. The maximum atomic E-state index is 12.6. The first-order chi connectivity index (χ1) is 11.0. The molecule has 1 aromatic rings. The van der Waals surface area contributed by atoms with Gasteiger partial charge in [0.25, 0.3) is 5.91 Å². The van der Waals surface area contributed by atoms with Crippen molar-refractivity contribution >= 4 is 24.3 Å². The number of ether oxygens (including phenoxy) is 1. The van der Waals surface area contributed by atoms with Gasteiger partial charge in [0.05, 0.1) is 18.6 Å². The minimum absolute atomic E-state index is 0. The van der Waals surface area contributed by atoms with Crippen molar-refractivity contribution < 1.29 is 14.3 Å². The van der Waals surface area contributed by atoms with Crippen LogP contribution in [0.1, 0.15) is 42.7 Å². The van der Waals surface area contributed by atoms with Gasteiger partial charge in [-0.2, -0.15) is 5.10 Å². The summed E-state index contributed by atoms with van der Waals surface area (Å²) in [7, 11) is 1.39. The molecule has 24 heavy (non-hydrogen) atoms. The molecule has 0 bridgehead atoms. The second kappa shape index (κ2) is 7.53. The predicted molar refractivity (Wildman–Crippen MR) is 91.3 cm³/mol. The highest BCUT2D eigenvalue weighted by Crippen LogP contribution is 2.32. The Morgan fingerprint density at radius 3 is 2.92 bits per heavy atom. The molecule has 2 atom stereocenters. The number of piperidine rings is 1. The van der Waals surface area contributed by atoms with Crippen molar-refractivity contribution in [3.63, 3.8) is 0 Å². The summed E-state index contributed by atoms with van der Waals surface area (Å²) < 4.78 is 6.73. The number of hydrogen-bond acceptors (Lipinski definition) is 5. The van der Waals surface area contributed by atoms with E-state index in [-0.39, 0.29) is 24.3 Å². The highest BCUT2D eigenvalue weighted by molar-refractivity contribution is 5.93. The molecule has 8 heteroatoms. The van der Waals surface area contributed by atoms with Crippen molar-refractivity contribution in [2.75, 3.05) is 33.3 Å². The number of rotatable bonds is 3. The zero-order chi connectivity index (χ0) is 16.4.